The van der Waals surface area contributed by atoms with E-state index in [1.807, 2.05) is 27.7 Å². The van der Waals surface area contributed by atoms with Gasteiger partial charge in [0.15, 0.2) is 0 Å². The largest absolute Gasteiger partial charge is 0.444 e. The van der Waals surface area contributed by atoms with E-state index in [2.05, 4.69) is 11.0 Å². The molecular formula is C13H23N3O2. The Morgan fingerprint density at radius 2 is 1.94 bits per heavy atom. The summed E-state index contributed by atoms with van der Waals surface area (Å²) in [6, 6.07) is 2.14. The molecule has 1 rings (SSSR count). The Balaban J connectivity index is 2.52. The van der Waals surface area contributed by atoms with Crippen LogP contribution in [0.3, 0.4) is 0 Å². The third-order valence-corrected chi connectivity index (χ3v) is 2.92. The number of carbonyl (C=O) groups is 1. The van der Waals surface area contributed by atoms with Crippen molar-refractivity contribution in [3.63, 3.8) is 0 Å². The standard InChI is InChI=1S/C13H23N3O2/c1-11(10-14)15-6-5-7-16(9-8-15)12(17)18-13(2,3)4/h11H,5-9H2,1-4H3. The van der Waals surface area contributed by atoms with Crippen LogP contribution in [-0.4, -0.2) is 53.7 Å². The summed E-state index contributed by atoms with van der Waals surface area (Å²) < 4.78 is 5.36. The zero-order valence-electron chi connectivity index (χ0n) is 11.8. The van der Waals surface area contributed by atoms with E-state index < -0.39 is 5.60 Å². The number of nitrogens with zero attached hydrogens (tertiary/aromatic N) is 3. The maximum atomic E-state index is 11.9. The van der Waals surface area contributed by atoms with E-state index >= 15 is 0 Å². The minimum atomic E-state index is -0.455. The molecule has 0 aromatic carbocycles. The molecule has 5 nitrogen and oxygen atoms in total. The summed E-state index contributed by atoms with van der Waals surface area (Å²) in [5.41, 5.74) is -0.455. The fraction of sp³-hybridized carbons (Fsp3) is 0.846. The Bertz CT molecular complexity index is 330. The van der Waals surface area contributed by atoms with Crippen molar-refractivity contribution in [2.45, 2.75) is 45.8 Å². The first-order valence-electron chi connectivity index (χ1n) is 6.45. The minimum absolute atomic E-state index is 0.0939. The normalized spacial score (nSPS) is 19.8. The van der Waals surface area contributed by atoms with Gasteiger partial charge in [-0.1, -0.05) is 0 Å². The molecule has 0 radical (unpaired) electrons. The number of hydrogen-bond donors (Lipinski definition) is 0. The second-order valence-electron chi connectivity index (χ2n) is 5.66. The number of amides is 1. The summed E-state index contributed by atoms with van der Waals surface area (Å²) in [6.07, 6.45) is 0.625. The van der Waals surface area contributed by atoms with Gasteiger partial charge >= 0.3 is 6.09 Å². The van der Waals surface area contributed by atoms with Gasteiger partial charge in [0.05, 0.1) is 12.1 Å². The van der Waals surface area contributed by atoms with Crippen molar-refractivity contribution in [3.8, 4) is 6.07 Å². The lowest BCUT2D eigenvalue weighted by atomic mass is 10.2. The molecule has 1 aliphatic heterocycles. The van der Waals surface area contributed by atoms with E-state index in [1.165, 1.54) is 0 Å². The van der Waals surface area contributed by atoms with E-state index in [9.17, 15) is 4.79 Å². The quantitative estimate of drug-likeness (QED) is 0.715. The van der Waals surface area contributed by atoms with Gasteiger partial charge < -0.3 is 9.64 Å². The number of rotatable bonds is 1. The van der Waals surface area contributed by atoms with Gasteiger partial charge in [0.1, 0.15) is 5.60 Å². The van der Waals surface area contributed by atoms with Crippen LogP contribution in [0.1, 0.15) is 34.1 Å². The fourth-order valence-corrected chi connectivity index (χ4v) is 1.92. The third-order valence-electron chi connectivity index (χ3n) is 2.92. The molecule has 5 heteroatoms. The zero-order valence-corrected chi connectivity index (χ0v) is 11.8. The highest BCUT2D eigenvalue weighted by Gasteiger charge is 2.25. The summed E-state index contributed by atoms with van der Waals surface area (Å²) in [6.45, 7) is 10.4. The molecule has 1 amide bonds. The van der Waals surface area contributed by atoms with E-state index in [0.717, 1.165) is 19.5 Å². The van der Waals surface area contributed by atoms with Crippen LogP contribution >= 0.6 is 0 Å². The van der Waals surface area contributed by atoms with Gasteiger partial charge in [-0.15, -0.1) is 0 Å². The van der Waals surface area contributed by atoms with Crippen molar-refractivity contribution in [2.24, 2.45) is 0 Å². The Labute approximate surface area is 109 Å². The number of carbonyl (C=O) groups excluding carboxylic acids is 1. The predicted octanol–water partition coefficient (Wildman–Crippen LogP) is 1.84. The molecular weight excluding hydrogens is 230 g/mol. The Hall–Kier alpha value is -1.28. The molecule has 1 atom stereocenters. The van der Waals surface area contributed by atoms with Crippen LogP contribution in [0.2, 0.25) is 0 Å². The second-order valence-corrected chi connectivity index (χ2v) is 5.66. The lowest BCUT2D eigenvalue weighted by Gasteiger charge is -2.26. The van der Waals surface area contributed by atoms with Crippen molar-refractivity contribution in [2.75, 3.05) is 26.2 Å². The molecule has 0 aliphatic carbocycles. The van der Waals surface area contributed by atoms with Crippen LogP contribution in [0.25, 0.3) is 0 Å². The van der Waals surface area contributed by atoms with Crippen molar-refractivity contribution >= 4 is 6.09 Å². The fourth-order valence-electron chi connectivity index (χ4n) is 1.92. The Kier molecular flexibility index (Phi) is 4.97. The summed E-state index contributed by atoms with van der Waals surface area (Å²) in [4.78, 5) is 15.8. The molecule has 0 saturated carbocycles. The molecule has 18 heavy (non-hydrogen) atoms. The molecule has 0 aromatic rings. The number of ether oxygens (including phenoxy) is 1. The smallest absolute Gasteiger partial charge is 0.410 e. The van der Waals surface area contributed by atoms with Gasteiger partial charge in [-0.25, -0.2) is 4.79 Å². The van der Waals surface area contributed by atoms with E-state index in [4.69, 9.17) is 10.00 Å². The van der Waals surface area contributed by atoms with Crippen LogP contribution in [-0.2, 0) is 4.74 Å². The van der Waals surface area contributed by atoms with Gasteiger partial charge in [0.2, 0.25) is 0 Å². The molecule has 0 spiro atoms. The maximum absolute atomic E-state index is 11.9. The lowest BCUT2D eigenvalue weighted by Crippen LogP contribution is -2.40. The van der Waals surface area contributed by atoms with Gasteiger partial charge in [0.25, 0.3) is 0 Å². The summed E-state index contributed by atoms with van der Waals surface area (Å²) in [5, 5.41) is 8.91. The van der Waals surface area contributed by atoms with Crippen molar-refractivity contribution in [1.29, 1.82) is 5.26 Å². The van der Waals surface area contributed by atoms with Crippen LogP contribution in [0.4, 0.5) is 4.79 Å². The monoisotopic (exact) mass is 253 g/mol. The molecule has 0 N–H and O–H groups in total. The third kappa shape index (κ3) is 4.53. The van der Waals surface area contributed by atoms with Gasteiger partial charge in [0, 0.05) is 26.2 Å². The Morgan fingerprint density at radius 1 is 1.28 bits per heavy atom. The van der Waals surface area contributed by atoms with Crippen molar-refractivity contribution in [3.05, 3.63) is 0 Å². The molecule has 1 fully saturated rings. The lowest BCUT2D eigenvalue weighted by molar-refractivity contribution is 0.0257. The second kappa shape index (κ2) is 6.05. The van der Waals surface area contributed by atoms with Crippen LogP contribution < -0.4 is 0 Å². The zero-order chi connectivity index (χ0) is 13.8. The van der Waals surface area contributed by atoms with Gasteiger partial charge in [-0.2, -0.15) is 5.26 Å². The molecule has 0 aromatic heterocycles. The van der Waals surface area contributed by atoms with E-state index in [1.54, 1.807) is 4.90 Å². The highest BCUT2D eigenvalue weighted by molar-refractivity contribution is 5.68. The molecule has 1 aliphatic rings. The summed E-state index contributed by atoms with van der Waals surface area (Å²) in [7, 11) is 0. The summed E-state index contributed by atoms with van der Waals surface area (Å²) >= 11 is 0. The van der Waals surface area contributed by atoms with Crippen LogP contribution in [0, 0.1) is 11.3 Å². The number of nitriles is 1. The topological polar surface area (TPSA) is 56.6 Å². The Morgan fingerprint density at radius 3 is 2.50 bits per heavy atom. The average molecular weight is 253 g/mol. The molecule has 1 saturated heterocycles. The first-order chi connectivity index (χ1) is 8.33. The van der Waals surface area contributed by atoms with Crippen molar-refractivity contribution < 1.29 is 9.53 Å². The SMILES string of the molecule is CC(C#N)N1CCCN(C(=O)OC(C)(C)C)CC1. The molecule has 0 bridgehead atoms. The highest BCUT2D eigenvalue weighted by atomic mass is 16.6. The molecule has 1 unspecified atom stereocenters. The first kappa shape index (κ1) is 14.8. The molecule has 1 heterocycles. The maximum Gasteiger partial charge on any atom is 0.410 e. The van der Waals surface area contributed by atoms with Gasteiger partial charge in [-0.05, 0) is 34.1 Å². The highest BCUT2D eigenvalue weighted by Crippen LogP contribution is 2.12. The van der Waals surface area contributed by atoms with Crippen LogP contribution in [0.15, 0.2) is 0 Å². The van der Waals surface area contributed by atoms with Crippen LogP contribution in [0.5, 0.6) is 0 Å². The predicted molar refractivity (Wildman–Crippen MR) is 69.1 cm³/mol. The first-order valence-corrected chi connectivity index (χ1v) is 6.45. The average Bonchev–Trinajstić information content (AvgIpc) is 2.51. The van der Waals surface area contributed by atoms with Crippen molar-refractivity contribution in [1.82, 2.24) is 9.80 Å². The van der Waals surface area contributed by atoms with Gasteiger partial charge in [-0.3, -0.25) is 4.90 Å². The van der Waals surface area contributed by atoms with E-state index in [-0.39, 0.29) is 12.1 Å². The molecule has 102 valence electrons. The summed E-state index contributed by atoms with van der Waals surface area (Å²) in [5.74, 6) is 0. The number of hydrogen-bond acceptors (Lipinski definition) is 4. The van der Waals surface area contributed by atoms with E-state index in [0.29, 0.717) is 13.1 Å². The minimum Gasteiger partial charge on any atom is -0.444 e.